The van der Waals surface area contributed by atoms with Gasteiger partial charge in [-0.15, -0.1) is 0 Å². The van der Waals surface area contributed by atoms with Gasteiger partial charge >= 0.3 is 18.0 Å². The molecule has 17 nitrogen and oxygen atoms in total. The van der Waals surface area contributed by atoms with Crippen molar-refractivity contribution in [2.24, 2.45) is 5.73 Å². The highest BCUT2D eigenvalue weighted by molar-refractivity contribution is 6.11. The van der Waals surface area contributed by atoms with Gasteiger partial charge in [0.1, 0.15) is 18.7 Å². The predicted octanol–water partition coefficient (Wildman–Crippen LogP) is 0.529. The summed E-state index contributed by atoms with van der Waals surface area (Å²) in [6.07, 6.45) is -3.37. The zero-order chi connectivity index (χ0) is 38.0. The van der Waals surface area contributed by atoms with Crippen molar-refractivity contribution in [3.8, 4) is 0 Å². The molecule has 0 saturated carbocycles. The number of nitrogens with two attached hydrogens (primary N) is 1. The maximum absolute atomic E-state index is 14.5. The monoisotopic (exact) mass is 729 g/mol. The molecule has 0 aromatic heterocycles. The van der Waals surface area contributed by atoms with Gasteiger partial charge in [0, 0.05) is 19.2 Å². The summed E-state index contributed by atoms with van der Waals surface area (Å²) in [5.41, 5.74) is 6.96. The van der Waals surface area contributed by atoms with Crippen LogP contribution in [0.15, 0.2) is 54.6 Å². The highest BCUT2D eigenvalue weighted by Gasteiger charge is 2.51. The molecule has 1 saturated heterocycles. The van der Waals surface area contributed by atoms with Crippen LogP contribution < -0.4 is 21.3 Å². The lowest BCUT2D eigenvalue weighted by molar-refractivity contribution is -0.157. The van der Waals surface area contributed by atoms with E-state index in [1.807, 2.05) is 0 Å². The summed E-state index contributed by atoms with van der Waals surface area (Å²) in [7, 11) is 0. The summed E-state index contributed by atoms with van der Waals surface area (Å²) >= 11 is 0. The molecular weight excluding hydrogens is 682 g/mol. The van der Waals surface area contributed by atoms with Gasteiger partial charge in [0.25, 0.3) is 11.8 Å². The molecule has 2 aromatic carbocycles. The van der Waals surface area contributed by atoms with Crippen molar-refractivity contribution in [1.82, 2.24) is 15.5 Å². The average molecular weight is 730 g/mol. The van der Waals surface area contributed by atoms with Crippen LogP contribution in [0.5, 0.6) is 0 Å². The van der Waals surface area contributed by atoms with Gasteiger partial charge < -0.3 is 45.2 Å². The number of aliphatic hydroxyl groups is 1. The van der Waals surface area contributed by atoms with Crippen LogP contribution >= 0.6 is 0 Å². The Kier molecular flexibility index (Phi) is 17.1. The highest BCUT2D eigenvalue weighted by atomic mass is 16.6. The molecule has 52 heavy (non-hydrogen) atoms. The Morgan fingerprint density at radius 2 is 1.50 bits per heavy atom. The van der Waals surface area contributed by atoms with Crippen LogP contribution in [-0.2, 0) is 54.2 Å². The standard InChI is InChI=1S/C35H47N5O12/c1-23(2)52-34(46)31(40-33(45)30(38-35(40)47)26-11-9-25(22-36)10-12-26)39(27-7-5-4-6-8-27)32(44)28(37-24(3)42)21-29(43)51-20-19-50-18-17-49-16-15-48-14-13-41/h4-12,23,28,30-31,41H,13-22,36H2,1-3H3,(H,37,42)(H,38,47)/t28-,30?,31-/m0/s1. The van der Waals surface area contributed by atoms with Crippen molar-refractivity contribution in [2.45, 2.75) is 58.1 Å². The van der Waals surface area contributed by atoms with Gasteiger partial charge in [0.2, 0.25) is 12.1 Å². The summed E-state index contributed by atoms with van der Waals surface area (Å²) in [5.74, 6) is -4.52. The number of anilines is 1. The second-order valence-electron chi connectivity index (χ2n) is 11.7. The molecule has 5 N–H and O–H groups in total. The first-order valence-electron chi connectivity index (χ1n) is 16.8. The molecular formula is C35H47N5O12. The molecule has 0 radical (unpaired) electrons. The lowest BCUT2D eigenvalue weighted by Crippen LogP contribution is -2.62. The molecule has 1 fully saturated rings. The van der Waals surface area contributed by atoms with Gasteiger partial charge in [-0.1, -0.05) is 42.5 Å². The Balaban J connectivity index is 1.83. The molecule has 0 aliphatic carbocycles. The van der Waals surface area contributed by atoms with Crippen LogP contribution in [0, 0.1) is 0 Å². The van der Waals surface area contributed by atoms with E-state index in [1.54, 1.807) is 56.3 Å². The predicted molar refractivity (Wildman–Crippen MR) is 184 cm³/mol. The number of nitrogens with zero attached hydrogens (tertiary/aromatic N) is 2. The minimum Gasteiger partial charge on any atom is -0.463 e. The number of nitrogens with one attached hydrogen (secondary N) is 2. The fraction of sp³-hybridized carbons (Fsp3) is 0.486. The summed E-state index contributed by atoms with van der Waals surface area (Å²) in [5, 5.41) is 13.7. The van der Waals surface area contributed by atoms with E-state index in [0.717, 1.165) is 17.4 Å². The van der Waals surface area contributed by atoms with Gasteiger partial charge in [-0.05, 0) is 37.1 Å². The number of amides is 5. The number of benzene rings is 2. The Hall–Kier alpha value is -4.94. The lowest BCUT2D eigenvalue weighted by Gasteiger charge is -2.36. The quantitative estimate of drug-likeness (QED) is 0.0738. The first kappa shape index (κ1) is 41.5. The van der Waals surface area contributed by atoms with E-state index in [9.17, 15) is 28.8 Å². The highest BCUT2D eigenvalue weighted by Crippen LogP contribution is 2.29. The fourth-order valence-corrected chi connectivity index (χ4v) is 5.05. The molecule has 0 spiro atoms. The van der Waals surface area contributed by atoms with Crippen molar-refractivity contribution in [1.29, 1.82) is 0 Å². The third kappa shape index (κ3) is 12.4. The number of carbonyl (C=O) groups is 6. The normalized spacial score (nSPS) is 15.2. The first-order chi connectivity index (χ1) is 25.0. The molecule has 0 bridgehead atoms. The SMILES string of the molecule is CC(=O)N[C@@H](CC(=O)OCCOCCOCCOCCO)C(=O)N(c1ccccc1)[C@H](C(=O)OC(C)C)N1C(=O)NC(c2ccc(CN)cc2)C1=O. The maximum Gasteiger partial charge on any atom is 0.351 e. The number of para-hydroxylation sites is 1. The number of imide groups is 1. The molecule has 1 aliphatic heterocycles. The Bertz CT molecular complexity index is 1490. The third-order valence-corrected chi connectivity index (χ3v) is 7.36. The number of ether oxygens (including phenoxy) is 5. The minimum atomic E-state index is -1.98. The Morgan fingerprint density at radius 1 is 0.904 bits per heavy atom. The first-order valence-corrected chi connectivity index (χ1v) is 16.8. The minimum absolute atomic E-state index is 0.0103. The Labute approximate surface area is 301 Å². The number of rotatable bonds is 22. The number of esters is 2. The van der Waals surface area contributed by atoms with E-state index in [2.05, 4.69) is 10.6 Å². The second-order valence-corrected chi connectivity index (χ2v) is 11.7. The molecule has 1 heterocycles. The van der Waals surface area contributed by atoms with Crippen LogP contribution in [0.25, 0.3) is 0 Å². The molecule has 5 amide bonds. The number of carbonyl (C=O) groups excluding carboxylic acids is 6. The van der Waals surface area contributed by atoms with Crippen molar-refractivity contribution < 1.29 is 57.6 Å². The fourth-order valence-electron chi connectivity index (χ4n) is 5.05. The summed E-state index contributed by atoms with van der Waals surface area (Å²) in [6.45, 7) is 5.56. The zero-order valence-electron chi connectivity index (χ0n) is 29.5. The van der Waals surface area contributed by atoms with E-state index in [-0.39, 0.29) is 51.9 Å². The number of urea groups is 1. The molecule has 1 unspecified atom stereocenters. The molecule has 3 atom stereocenters. The molecule has 3 rings (SSSR count). The van der Waals surface area contributed by atoms with Crippen molar-refractivity contribution >= 4 is 41.4 Å². The number of hydrogen-bond acceptors (Lipinski definition) is 13. The summed E-state index contributed by atoms with van der Waals surface area (Å²) in [6, 6.07) is 10.5. The van der Waals surface area contributed by atoms with E-state index in [1.165, 1.54) is 12.1 Å². The van der Waals surface area contributed by atoms with Crippen molar-refractivity contribution in [3.05, 3.63) is 65.7 Å². The van der Waals surface area contributed by atoms with E-state index in [0.29, 0.717) is 23.7 Å². The number of hydrogen-bond donors (Lipinski definition) is 4. The smallest absolute Gasteiger partial charge is 0.351 e. The largest absolute Gasteiger partial charge is 0.463 e. The summed E-state index contributed by atoms with van der Waals surface area (Å²) < 4.78 is 26.5. The van der Waals surface area contributed by atoms with Gasteiger partial charge in [-0.3, -0.25) is 24.1 Å². The van der Waals surface area contributed by atoms with Crippen molar-refractivity contribution in [3.63, 3.8) is 0 Å². The van der Waals surface area contributed by atoms with Crippen LogP contribution in [0.4, 0.5) is 10.5 Å². The van der Waals surface area contributed by atoms with Crippen LogP contribution in [0.2, 0.25) is 0 Å². The molecule has 2 aromatic rings. The number of aliphatic hydroxyl groups excluding tert-OH is 1. The molecule has 284 valence electrons. The van der Waals surface area contributed by atoms with E-state index in [4.69, 9.17) is 34.5 Å². The topological polar surface area (TPSA) is 225 Å². The van der Waals surface area contributed by atoms with Crippen LogP contribution in [0.3, 0.4) is 0 Å². The lowest BCUT2D eigenvalue weighted by atomic mass is 10.0. The second kappa shape index (κ2) is 21.4. The van der Waals surface area contributed by atoms with Gasteiger partial charge in [-0.25, -0.2) is 14.5 Å². The van der Waals surface area contributed by atoms with Crippen LogP contribution in [0.1, 0.15) is 44.4 Å². The van der Waals surface area contributed by atoms with Gasteiger partial charge in [-0.2, -0.15) is 0 Å². The van der Waals surface area contributed by atoms with E-state index >= 15 is 0 Å². The van der Waals surface area contributed by atoms with Gasteiger partial charge in [0.05, 0.1) is 58.8 Å². The maximum atomic E-state index is 14.5. The molecule has 17 heteroatoms. The van der Waals surface area contributed by atoms with Crippen molar-refractivity contribution in [2.75, 3.05) is 57.8 Å². The van der Waals surface area contributed by atoms with Crippen LogP contribution in [-0.4, -0.2) is 117 Å². The zero-order valence-corrected chi connectivity index (χ0v) is 29.5. The van der Waals surface area contributed by atoms with E-state index < -0.39 is 66.5 Å². The average Bonchev–Trinajstić information content (AvgIpc) is 3.41. The summed E-state index contributed by atoms with van der Waals surface area (Å²) in [4.78, 5) is 82.5. The Morgan fingerprint density at radius 3 is 2.06 bits per heavy atom. The third-order valence-electron chi connectivity index (χ3n) is 7.36. The molecule has 1 aliphatic rings. The van der Waals surface area contributed by atoms with Gasteiger partial charge in [0.15, 0.2) is 0 Å².